The first-order chi connectivity index (χ1) is 13.7. The van der Waals surface area contributed by atoms with Crippen LogP contribution in [0.4, 0.5) is 0 Å². The van der Waals surface area contributed by atoms with Crippen molar-refractivity contribution in [3.05, 3.63) is 29.8 Å². The molecule has 0 radical (unpaired) electrons. The quantitative estimate of drug-likeness (QED) is 0.492. The third-order valence-corrected chi connectivity index (χ3v) is 5.32. The van der Waals surface area contributed by atoms with Crippen molar-refractivity contribution in [1.82, 2.24) is 15.1 Å². The number of nitrogens with one attached hydrogen (secondary N) is 1. The molecule has 0 atom stereocenters. The molecule has 1 N–H and O–H groups in total. The van der Waals surface area contributed by atoms with Crippen LogP contribution in [0.25, 0.3) is 0 Å². The van der Waals surface area contributed by atoms with Crippen LogP contribution in [0.15, 0.2) is 29.3 Å². The maximum absolute atomic E-state index is 6.07. The zero-order valence-electron chi connectivity index (χ0n) is 18.1. The Bertz CT molecular complexity index is 582. The topological polar surface area (TPSA) is 49.3 Å². The number of guanidine groups is 1. The first kappa shape index (κ1) is 22.5. The molecule has 1 fully saturated rings. The van der Waals surface area contributed by atoms with Crippen LogP contribution in [0, 0.1) is 0 Å². The predicted molar refractivity (Wildman–Crippen MR) is 116 cm³/mol. The molecule has 0 bridgehead atoms. The summed E-state index contributed by atoms with van der Waals surface area (Å²) in [5.41, 5.74) is 1.16. The molecule has 0 aliphatic carbocycles. The minimum atomic E-state index is 0.388. The fourth-order valence-corrected chi connectivity index (χ4v) is 3.59. The van der Waals surface area contributed by atoms with E-state index in [2.05, 4.69) is 59.1 Å². The number of hydrogen-bond acceptors (Lipinski definition) is 4. The molecule has 0 spiro atoms. The Hall–Kier alpha value is -1.79. The number of hydrogen-bond donors (Lipinski definition) is 1. The van der Waals surface area contributed by atoms with E-state index in [1.165, 1.54) is 0 Å². The van der Waals surface area contributed by atoms with Gasteiger partial charge in [-0.05, 0) is 38.9 Å². The molecule has 6 nitrogen and oxygen atoms in total. The van der Waals surface area contributed by atoms with E-state index in [1.54, 1.807) is 0 Å². The number of likely N-dealkylation sites (tertiary alicyclic amines) is 1. The van der Waals surface area contributed by atoms with E-state index in [1.807, 2.05) is 13.1 Å². The average molecular weight is 391 g/mol. The van der Waals surface area contributed by atoms with Crippen molar-refractivity contribution in [2.24, 2.45) is 4.99 Å². The molecule has 1 aliphatic heterocycles. The minimum Gasteiger partial charge on any atom is -0.492 e. The van der Waals surface area contributed by atoms with E-state index in [0.29, 0.717) is 19.3 Å². The van der Waals surface area contributed by atoms with Crippen LogP contribution in [-0.2, 0) is 11.3 Å². The highest BCUT2D eigenvalue weighted by Gasteiger charge is 2.21. The summed E-state index contributed by atoms with van der Waals surface area (Å²) in [6.07, 6.45) is 2.50. The van der Waals surface area contributed by atoms with Crippen molar-refractivity contribution in [2.75, 3.05) is 53.0 Å². The lowest BCUT2D eigenvalue weighted by Crippen LogP contribution is -2.46. The number of ether oxygens (including phenoxy) is 2. The van der Waals surface area contributed by atoms with Crippen LogP contribution in [0.3, 0.4) is 0 Å². The normalized spacial score (nSPS) is 15.9. The summed E-state index contributed by atoms with van der Waals surface area (Å²) >= 11 is 0. The van der Waals surface area contributed by atoms with Gasteiger partial charge in [0.15, 0.2) is 5.96 Å². The lowest BCUT2D eigenvalue weighted by atomic mass is 10.1. The smallest absolute Gasteiger partial charge is 0.193 e. The largest absolute Gasteiger partial charge is 0.492 e. The average Bonchev–Trinajstić information content (AvgIpc) is 2.74. The molecule has 2 rings (SSSR count). The molecule has 1 heterocycles. The molecular weight excluding hydrogens is 352 g/mol. The highest BCUT2D eigenvalue weighted by Crippen LogP contribution is 2.18. The second-order valence-electron chi connectivity index (χ2n) is 7.03. The maximum atomic E-state index is 6.07. The van der Waals surface area contributed by atoms with E-state index < -0.39 is 0 Å². The SMILES string of the molecule is CCOC1CCN(C(=NC)NCc2ccccc2OCCN(CC)CC)CC1. The fraction of sp³-hybridized carbons (Fsp3) is 0.682. The zero-order chi connectivity index (χ0) is 20.2. The summed E-state index contributed by atoms with van der Waals surface area (Å²) in [5, 5.41) is 3.51. The number of piperidine rings is 1. The second kappa shape index (κ2) is 12.6. The van der Waals surface area contributed by atoms with Crippen molar-refractivity contribution in [1.29, 1.82) is 0 Å². The molecule has 1 aromatic rings. The highest BCUT2D eigenvalue weighted by atomic mass is 16.5. The number of para-hydroxylation sites is 1. The summed E-state index contributed by atoms with van der Waals surface area (Å²) in [5.74, 6) is 1.90. The Morgan fingerprint density at radius 2 is 1.89 bits per heavy atom. The molecule has 28 heavy (non-hydrogen) atoms. The molecule has 0 unspecified atom stereocenters. The van der Waals surface area contributed by atoms with E-state index in [-0.39, 0.29) is 0 Å². The van der Waals surface area contributed by atoms with Gasteiger partial charge in [0.2, 0.25) is 0 Å². The number of likely N-dealkylation sites (N-methyl/N-ethyl adjacent to an activating group) is 1. The van der Waals surface area contributed by atoms with Crippen LogP contribution >= 0.6 is 0 Å². The number of aliphatic imine (C=N–C) groups is 1. The second-order valence-corrected chi connectivity index (χ2v) is 7.03. The Labute approximate surface area is 170 Å². The fourth-order valence-electron chi connectivity index (χ4n) is 3.59. The third kappa shape index (κ3) is 6.99. The standard InChI is InChI=1S/C22H38N4O2/c1-5-25(6-2)16-17-28-21-11-9-8-10-19(21)18-24-22(23-4)26-14-12-20(13-15-26)27-7-3/h8-11,20H,5-7,12-18H2,1-4H3,(H,23,24). The van der Waals surface area contributed by atoms with E-state index in [4.69, 9.17) is 9.47 Å². The van der Waals surface area contributed by atoms with Gasteiger partial charge in [-0.15, -0.1) is 0 Å². The first-order valence-corrected chi connectivity index (χ1v) is 10.7. The monoisotopic (exact) mass is 390 g/mol. The number of rotatable bonds is 10. The van der Waals surface area contributed by atoms with Crippen LogP contribution in [-0.4, -0.2) is 74.8 Å². The van der Waals surface area contributed by atoms with Crippen molar-refractivity contribution >= 4 is 5.96 Å². The first-order valence-electron chi connectivity index (χ1n) is 10.7. The van der Waals surface area contributed by atoms with Gasteiger partial charge < -0.3 is 24.6 Å². The molecule has 1 aliphatic rings. The highest BCUT2D eigenvalue weighted by molar-refractivity contribution is 5.80. The molecule has 0 amide bonds. The lowest BCUT2D eigenvalue weighted by molar-refractivity contribution is 0.0263. The van der Waals surface area contributed by atoms with E-state index in [9.17, 15) is 0 Å². The summed E-state index contributed by atoms with van der Waals surface area (Å²) in [7, 11) is 1.85. The Morgan fingerprint density at radius 1 is 1.18 bits per heavy atom. The molecular formula is C22H38N4O2. The van der Waals surface area contributed by atoms with Crippen LogP contribution < -0.4 is 10.1 Å². The Kier molecular flexibility index (Phi) is 10.1. The van der Waals surface area contributed by atoms with E-state index in [0.717, 1.165) is 69.4 Å². The van der Waals surface area contributed by atoms with Crippen LogP contribution in [0.2, 0.25) is 0 Å². The van der Waals surface area contributed by atoms with Crippen molar-refractivity contribution < 1.29 is 9.47 Å². The van der Waals surface area contributed by atoms with Gasteiger partial charge in [-0.3, -0.25) is 4.99 Å². The molecule has 0 aromatic heterocycles. The van der Waals surface area contributed by atoms with Gasteiger partial charge in [-0.1, -0.05) is 32.0 Å². The summed E-state index contributed by atoms with van der Waals surface area (Å²) in [4.78, 5) is 9.17. The van der Waals surface area contributed by atoms with Gasteiger partial charge in [-0.25, -0.2) is 0 Å². The van der Waals surface area contributed by atoms with Gasteiger partial charge in [0.25, 0.3) is 0 Å². The van der Waals surface area contributed by atoms with Crippen molar-refractivity contribution in [2.45, 2.75) is 46.3 Å². The Balaban J connectivity index is 1.86. The van der Waals surface area contributed by atoms with Gasteiger partial charge in [0.05, 0.1) is 6.10 Å². The predicted octanol–water partition coefficient (Wildman–Crippen LogP) is 2.98. The third-order valence-electron chi connectivity index (χ3n) is 5.32. The van der Waals surface area contributed by atoms with Crippen LogP contribution in [0.1, 0.15) is 39.2 Å². The molecule has 0 saturated carbocycles. The van der Waals surface area contributed by atoms with Crippen LogP contribution in [0.5, 0.6) is 5.75 Å². The van der Waals surface area contributed by atoms with E-state index >= 15 is 0 Å². The number of benzene rings is 1. The molecule has 1 saturated heterocycles. The molecule has 1 aromatic carbocycles. The Morgan fingerprint density at radius 3 is 2.54 bits per heavy atom. The van der Waals surface area contributed by atoms with Gasteiger partial charge >= 0.3 is 0 Å². The maximum Gasteiger partial charge on any atom is 0.193 e. The zero-order valence-corrected chi connectivity index (χ0v) is 18.1. The van der Waals surface area contributed by atoms with Gasteiger partial charge in [0, 0.05) is 45.4 Å². The minimum absolute atomic E-state index is 0.388. The summed E-state index contributed by atoms with van der Waals surface area (Å²) in [6, 6.07) is 8.26. The van der Waals surface area contributed by atoms with Crippen molar-refractivity contribution in [3.63, 3.8) is 0 Å². The van der Waals surface area contributed by atoms with Gasteiger partial charge in [-0.2, -0.15) is 0 Å². The van der Waals surface area contributed by atoms with Gasteiger partial charge in [0.1, 0.15) is 12.4 Å². The summed E-state index contributed by atoms with van der Waals surface area (Å²) in [6.45, 7) is 13.7. The number of nitrogens with zero attached hydrogens (tertiary/aromatic N) is 3. The molecule has 158 valence electrons. The van der Waals surface area contributed by atoms with Crippen molar-refractivity contribution in [3.8, 4) is 5.75 Å². The summed E-state index contributed by atoms with van der Waals surface area (Å²) < 4.78 is 11.8. The lowest BCUT2D eigenvalue weighted by Gasteiger charge is -2.34. The molecule has 6 heteroatoms.